The van der Waals surface area contributed by atoms with E-state index in [-0.39, 0.29) is 5.91 Å². The first kappa shape index (κ1) is 22.4. The molecule has 4 rings (SSSR count). The van der Waals surface area contributed by atoms with Gasteiger partial charge in [0.05, 0.1) is 15.6 Å². The summed E-state index contributed by atoms with van der Waals surface area (Å²) in [5.74, 6) is 0.500. The number of halogens is 3. The number of carbonyl (C=O) groups excluding carboxylic acids is 1. The van der Waals surface area contributed by atoms with Crippen molar-refractivity contribution in [3.8, 4) is 5.75 Å². The lowest BCUT2D eigenvalue weighted by Crippen LogP contribution is -2.27. The van der Waals surface area contributed by atoms with E-state index in [9.17, 15) is 4.79 Å². The zero-order valence-electron chi connectivity index (χ0n) is 15.8. The summed E-state index contributed by atoms with van der Waals surface area (Å²) in [6.45, 7) is 0.357. The van der Waals surface area contributed by atoms with Crippen LogP contribution in [0.2, 0.25) is 10.0 Å². The van der Waals surface area contributed by atoms with E-state index in [1.807, 2.05) is 54.6 Å². The van der Waals surface area contributed by atoms with E-state index in [0.717, 1.165) is 15.6 Å². The number of ether oxygens (including phenoxy) is 1. The lowest BCUT2D eigenvalue weighted by molar-refractivity contribution is -0.113. The summed E-state index contributed by atoms with van der Waals surface area (Å²) >= 11 is 22.4. The van der Waals surface area contributed by atoms with Crippen LogP contribution in [0.5, 0.6) is 5.75 Å². The molecule has 0 saturated carbocycles. The van der Waals surface area contributed by atoms with E-state index in [1.165, 1.54) is 16.7 Å². The summed E-state index contributed by atoms with van der Waals surface area (Å²) in [5, 5.41) is 1.18. The molecule has 1 aliphatic rings. The molecule has 1 fully saturated rings. The number of amides is 1. The average molecular weight is 551 g/mol. The Hall–Kier alpha value is -1.83. The largest absolute Gasteiger partial charge is 0.489 e. The first-order valence-electron chi connectivity index (χ1n) is 9.11. The molecule has 0 bridgehead atoms. The highest BCUT2D eigenvalue weighted by molar-refractivity contribution is 9.10. The lowest BCUT2D eigenvalue weighted by atomic mass is 10.2. The molecule has 8 heteroatoms. The maximum absolute atomic E-state index is 13.0. The van der Waals surface area contributed by atoms with Gasteiger partial charge in [0.25, 0.3) is 5.91 Å². The molecule has 3 aromatic rings. The topological polar surface area (TPSA) is 29.5 Å². The number of rotatable bonds is 5. The third kappa shape index (κ3) is 5.16. The molecule has 1 heterocycles. The fraction of sp³-hybridized carbons (Fsp3) is 0.0435. The number of hydrogen-bond acceptors (Lipinski definition) is 4. The van der Waals surface area contributed by atoms with Gasteiger partial charge in [-0.25, -0.2) is 0 Å². The number of hydrogen-bond donors (Lipinski definition) is 0. The van der Waals surface area contributed by atoms with Crippen LogP contribution in [0.25, 0.3) is 6.08 Å². The average Bonchev–Trinajstić information content (AvgIpc) is 3.03. The Bertz CT molecular complexity index is 1220. The van der Waals surface area contributed by atoms with Crippen LogP contribution in [0.15, 0.2) is 76.1 Å². The molecule has 3 aromatic carbocycles. The van der Waals surface area contributed by atoms with Crippen molar-refractivity contribution < 1.29 is 9.53 Å². The van der Waals surface area contributed by atoms with Crippen molar-refractivity contribution in [1.82, 2.24) is 0 Å². The van der Waals surface area contributed by atoms with Crippen LogP contribution in [0.3, 0.4) is 0 Å². The van der Waals surface area contributed by atoms with Gasteiger partial charge in [0.1, 0.15) is 12.4 Å². The highest BCUT2D eigenvalue weighted by atomic mass is 79.9. The highest BCUT2D eigenvalue weighted by Crippen LogP contribution is 2.38. The molecule has 0 N–H and O–H groups in total. The summed E-state index contributed by atoms with van der Waals surface area (Å²) in [4.78, 5) is 15.0. The van der Waals surface area contributed by atoms with Gasteiger partial charge in [0, 0.05) is 15.1 Å². The van der Waals surface area contributed by atoms with Gasteiger partial charge in [0.2, 0.25) is 0 Å². The normalized spacial score (nSPS) is 15.1. The first-order chi connectivity index (χ1) is 14.9. The van der Waals surface area contributed by atoms with E-state index < -0.39 is 0 Å². The van der Waals surface area contributed by atoms with Crippen molar-refractivity contribution in [2.45, 2.75) is 6.61 Å². The van der Waals surface area contributed by atoms with Gasteiger partial charge < -0.3 is 4.74 Å². The number of anilines is 1. The van der Waals surface area contributed by atoms with Crippen molar-refractivity contribution >= 4 is 85.1 Å². The van der Waals surface area contributed by atoms with Crippen molar-refractivity contribution in [2.75, 3.05) is 4.90 Å². The van der Waals surface area contributed by atoms with Crippen LogP contribution in [0, 0.1) is 0 Å². The second-order valence-corrected chi connectivity index (χ2v) is 9.91. The second kappa shape index (κ2) is 9.76. The fourth-order valence-electron chi connectivity index (χ4n) is 2.94. The third-order valence-electron chi connectivity index (χ3n) is 4.46. The minimum absolute atomic E-state index is 0.184. The Morgan fingerprint density at radius 1 is 1.03 bits per heavy atom. The predicted molar refractivity (Wildman–Crippen MR) is 137 cm³/mol. The Kier molecular flexibility index (Phi) is 7.04. The van der Waals surface area contributed by atoms with Crippen LogP contribution >= 0.6 is 63.1 Å². The quantitative estimate of drug-likeness (QED) is 0.240. The number of thiocarbonyl (C=S) groups is 1. The summed E-state index contributed by atoms with van der Waals surface area (Å²) in [6.07, 6.45) is 1.81. The standard InChI is InChI=1S/C23H14BrCl2NO2S2/c24-18-9-8-16(12-20(18)26)27-22(28)21(31-23(27)30)11-14-4-3-6-17(10-14)29-13-15-5-1-2-7-19(15)25/h1-12H,13H2/b21-11+. The van der Waals surface area contributed by atoms with Gasteiger partial charge in [-0.2, -0.15) is 0 Å². The highest BCUT2D eigenvalue weighted by Gasteiger charge is 2.33. The van der Waals surface area contributed by atoms with E-state index in [1.54, 1.807) is 18.2 Å². The molecular formula is C23H14BrCl2NO2S2. The molecule has 31 heavy (non-hydrogen) atoms. The van der Waals surface area contributed by atoms with Gasteiger partial charge in [-0.05, 0) is 64.0 Å². The third-order valence-corrected chi connectivity index (χ3v) is 7.37. The van der Waals surface area contributed by atoms with Gasteiger partial charge in [-0.3, -0.25) is 9.69 Å². The minimum Gasteiger partial charge on any atom is -0.489 e. The lowest BCUT2D eigenvalue weighted by Gasteiger charge is -2.15. The van der Waals surface area contributed by atoms with Gasteiger partial charge >= 0.3 is 0 Å². The van der Waals surface area contributed by atoms with E-state index in [0.29, 0.717) is 37.3 Å². The molecule has 0 aliphatic carbocycles. The maximum atomic E-state index is 13.0. The van der Waals surface area contributed by atoms with Crippen molar-refractivity contribution in [3.05, 3.63) is 97.3 Å². The Morgan fingerprint density at radius 2 is 1.84 bits per heavy atom. The van der Waals surface area contributed by atoms with Crippen molar-refractivity contribution in [3.63, 3.8) is 0 Å². The number of benzene rings is 3. The molecule has 3 nitrogen and oxygen atoms in total. The van der Waals surface area contributed by atoms with E-state index >= 15 is 0 Å². The van der Waals surface area contributed by atoms with Crippen molar-refractivity contribution in [1.29, 1.82) is 0 Å². The fourth-order valence-corrected chi connectivity index (χ4v) is 4.85. The molecule has 0 aromatic heterocycles. The van der Waals surface area contributed by atoms with E-state index in [2.05, 4.69) is 15.9 Å². The molecule has 156 valence electrons. The van der Waals surface area contributed by atoms with Gasteiger partial charge in [0.15, 0.2) is 4.32 Å². The summed E-state index contributed by atoms with van der Waals surface area (Å²) < 4.78 is 7.10. The van der Waals surface area contributed by atoms with Crippen LogP contribution in [-0.2, 0) is 11.4 Å². The molecular weight excluding hydrogens is 537 g/mol. The Balaban J connectivity index is 1.53. The first-order valence-corrected chi connectivity index (χ1v) is 11.9. The molecule has 0 unspecified atom stereocenters. The molecule has 0 radical (unpaired) electrons. The van der Waals surface area contributed by atoms with E-state index in [4.69, 9.17) is 40.2 Å². The Labute approximate surface area is 208 Å². The summed E-state index contributed by atoms with van der Waals surface area (Å²) in [6, 6.07) is 20.4. The minimum atomic E-state index is -0.184. The monoisotopic (exact) mass is 549 g/mol. The summed E-state index contributed by atoms with van der Waals surface area (Å²) in [7, 11) is 0. The molecule has 1 aliphatic heterocycles. The van der Waals surface area contributed by atoms with Gasteiger partial charge in [-0.1, -0.05) is 77.5 Å². The van der Waals surface area contributed by atoms with Crippen molar-refractivity contribution in [2.24, 2.45) is 0 Å². The summed E-state index contributed by atoms with van der Waals surface area (Å²) in [5.41, 5.74) is 2.38. The molecule has 1 amide bonds. The van der Waals surface area contributed by atoms with Gasteiger partial charge in [-0.15, -0.1) is 0 Å². The SMILES string of the molecule is O=C1/C(=C\c2cccc(OCc3ccccc3Cl)c2)SC(=S)N1c1ccc(Br)c(Cl)c1. The molecule has 0 spiro atoms. The maximum Gasteiger partial charge on any atom is 0.270 e. The zero-order valence-corrected chi connectivity index (χ0v) is 20.6. The Morgan fingerprint density at radius 3 is 2.61 bits per heavy atom. The number of carbonyl (C=O) groups is 1. The van der Waals surface area contributed by atoms with Crippen LogP contribution < -0.4 is 9.64 Å². The second-order valence-electron chi connectivity index (χ2n) is 6.57. The van der Waals surface area contributed by atoms with Crippen LogP contribution in [0.1, 0.15) is 11.1 Å². The van der Waals surface area contributed by atoms with Crippen LogP contribution in [-0.4, -0.2) is 10.2 Å². The number of nitrogens with zero attached hydrogens (tertiary/aromatic N) is 1. The zero-order chi connectivity index (χ0) is 22.0. The molecule has 1 saturated heterocycles. The predicted octanol–water partition coefficient (Wildman–Crippen LogP) is 7.74. The molecule has 0 atom stereocenters. The van der Waals surface area contributed by atoms with Crippen LogP contribution in [0.4, 0.5) is 5.69 Å². The number of thioether (sulfide) groups is 1. The smallest absolute Gasteiger partial charge is 0.270 e.